The minimum absolute atomic E-state index is 0.139. The third-order valence-electron chi connectivity index (χ3n) is 3.15. The summed E-state index contributed by atoms with van der Waals surface area (Å²) in [5.74, 6) is -0.139. The van der Waals surface area contributed by atoms with Gasteiger partial charge in [-0.3, -0.25) is 4.68 Å². The molecule has 20 heavy (non-hydrogen) atoms. The number of sulfone groups is 1. The van der Waals surface area contributed by atoms with Crippen LogP contribution in [0.2, 0.25) is 0 Å². The van der Waals surface area contributed by atoms with Gasteiger partial charge in [0.15, 0.2) is 9.84 Å². The molecule has 0 saturated carbocycles. The van der Waals surface area contributed by atoms with Crippen molar-refractivity contribution >= 4 is 15.5 Å². The van der Waals surface area contributed by atoms with Crippen molar-refractivity contribution in [3.8, 4) is 0 Å². The lowest BCUT2D eigenvalue weighted by Crippen LogP contribution is -2.10. The van der Waals surface area contributed by atoms with E-state index in [9.17, 15) is 8.42 Å². The number of rotatable bonds is 4. The van der Waals surface area contributed by atoms with Gasteiger partial charge in [-0.25, -0.2) is 8.42 Å². The molecular formula is C14H19N3O2S. The predicted molar refractivity (Wildman–Crippen MR) is 79.1 cm³/mol. The number of nitrogens with two attached hydrogens (primary N) is 1. The van der Waals surface area contributed by atoms with Crippen LogP contribution in [0.4, 0.5) is 5.69 Å². The molecule has 0 fully saturated rings. The molecule has 0 bridgehead atoms. The van der Waals surface area contributed by atoms with E-state index in [1.54, 1.807) is 36.0 Å². The minimum atomic E-state index is -3.48. The molecule has 0 aliphatic carbocycles. The molecule has 1 aromatic carbocycles. The standard InChI is InChI=1S/C14H19N3O2S/c1-10(2)17-8-7-12(16-17)9-20(18,19)13-6-4-5-11(3)14(13)15/h4-8,10H,9,15H2,1-3H3. The molecular weight excluding hydrogens is 274 g/mol. The van der Waals surface area contributed by atoms with Gasteiger partial charge in [0, 0.05) is 12.2 Å². The summed E-state index contributed by atoms with van der Waals surface area (Å²) >= 11 is 0. The summed E-state index contributed by atoms with van der Waals surface area (Å²) in [7, 11) is -3.48. The van der Waals surface area contributed by atoms with E-state index in [-0.39, 0.29) is 16.7 Å². The van der Waals surface area contributed by atoms with E-state index in [4.69, 9.17) is 5.73 Å². The highest BCUT2D eigenvalue weighted by Crippen LogP contribution is 2.24. The second kappa shape index (κ2) is 5.28. The maximum Gasteiger partial charge on any atom is 0.186 e. The van der Waals surface area contributed by atoms with E-state index in [0.717, 1.165) is 5.56 Å². The molecule has 2 aromatic rings. The summed E-state index contributed by atoms with van der Waals surface area (Å²) in [6.07, 6.45) is 1.79. The largest absolute Gasteiger partial charge is 0.397 e. The third kappa shape index (κ3) is 2.85. The van der Waals surface area contributed by atoms with Crippen molar-refractivity contribution in [2.45, 2.75) is 37.5 Å². The van der Waals surface area contributed by atoms with Gasteiger partial charge >= 0.3 is 0 Å². The number of aromatic nitrogens is 2. The Hall–Kier alpha value is -1.82. The molecule has 0 unspecified atom stereocenters. The summed E-state index contributed by atoms with van der Waals surface area (Å²) in [5, 5.41) is 4.27. The van der Waals surface area contributed by atoms with Crippen LogP contribution in [0, 0.1) is 6.92 Å². The Labute approximate surface area is 119 Å². The zero-order valence-electron chi connectivity index (χ0n) is 11.9. The minimum Gasteiger partial charge on any atom is -0.397 e. The van der Waals surface area contributed by atoms with Crippen molar-refractivity contribution in [2.75, 3.05) is 5.73 Å². The number of hydrogen-bond acceptors (Lipinski definition) is 4. The summed E-state index contributed by atoms with van der Waals surface area (Å²) < 4.78 is 26.6. The molecule has 0 aliphatic heterocycles. The Morgan fingerprint density at radius 3 is 2.60 bits per heavy atom. The Morgan fingerprint density at radius 2 is 2.00 bits per heavy atom. The predicted octanol–water partition coefficient (Wildman–Crippen LogP) is 2.33. The number of nitrogen functional groups attached to an aromatic ring is 1. The van der Waals surface area contributed by atoms with Gasteiger partial charge in [-0.15, -0.1) is 0 Å². The van der Waals surface area contributed by atoms with E-state index in [2.05, 4.69) is 5.10 Å². The summed E-state index contributed by atoms with van der Waals surface area (Å²) in [6, 6.07) is 6.96. The van der Waals surface area contributed by atoms with Gasteiger partial charge in [0.25, 0.3) is 0 Å². The van der Waals surface area contributed by atoms with Gasteiger partial charge in [-0.1, -0.05) is 12.1 Å². The average Bonchev–Trinajstić information content (AvgIpc) is 2.80. The van der Waals surface area contributed by atoms with Gasteiger partial charge in [-0.2, -0.15) is 5.10 Å². The zero-order valence-corrected chi connectivity index (χ0v) is 12.7. The Kier molecular flexibility index (Phi) is 3.85. The maximum atomic E-state index is 12.4. The highest BCUT2D eigenvalue weighted by Gasteiger charge is 2.20. The highest BCUT2D eigenvalue weighted by atomic mass is 32.2. The van der Waals surface area contributed by atoms with Crippen LogP contribution in [-0.4, -0.2) is 18.2 Å². The van der Waals surface area contributed by atoms with Gasteiger partial charge < -0.3 is 5.73 Å². The second-order valence-corrected chi connectivity index (χ2v) is 7.08. The fourth-order valence-electron chi connectivity index (χ4n) is 1.94. The molecule has 0 aliphatic rings. The van der Waals surface area contributed by atoms with Gasteiger partial charge in [0.1, 0.15) is 0 Å². The number of aryl methyl sites for hydroxylation is 1. The van der Waals surface area contributed by atoms with Gasteiger partial charge in [0.2, 0.25) is 0 Å². The Balaban J connectivity index is 2.33. The lowest BCUT2D eigenvalue weighted by molar-refractivity contribution is 0.527. The molecule has 2 rings (SSSR count). The lowest BCUT2D eigenvalue weighted by atomic mass is 10.2. The molecule has 0 atom stereocenters. The fraction of sp³-hybridized carbons (Fsp3) is 0.357. The van der Waals surface area contributed by atoms with E-state index >= 15 is 0 Å². The van der Waals surface area contributed by atoms with Crippen LogP contribution in [0.5, 0.6) is 0 Å². The molecule has 1 heterocycles. The monoisotopic (exact) mass is 293 g/mol. The zero-order chi connectivity index (χ0) is 14.9. The molecule has 2 N–H and O–H groups in total. The van der Waals surface area contributed by atoms with Crippen LogP contribution in [0.15, 0.2) is 35.4 Å². The van der Waals surface area contributed by atoms with E-state index < -0.39 is 9.84 Å². The van der Waals surface area contributed by atoms with E-state index in [1.165, 1.54) is 6.07 Å². The van der Waals surface area contributed by atoms with E-state index in [1.807, 2.05) is 13.8 Å². The molecule has 0 spiro atoms. The van der Waals surface area contributed by atoms with E-state index in [0.29, 0.717) is 11.4 Å². The van der Waals surface area contributed by atoms with Crippen LogP contribution in [0.25, 0.3) is 0 Å². The van der Waals surface area contributed by atoms with Crippen LogP contribution in [0.3, 0.4) is 0 Å². The van der Waals surface area contributed by atoms with Crippen LogP contribution < -0.4 is 5.73 Å². The molecule has 6 heteroatoms. The second-order valence-electron chi connectivity index (χ2n) is 5.13. The SMILES string of the molecule is Cc1cccc(S(=O)(=O)Cc2ccn(C(C)C)n2)c1N. The normalized spacial score (nSPS) is 12.0. The number of benzene rings is 1. The maximum absolute atomic E-state index is 12.4. The van der Waals surface area contributed by atoms with Crippen LogP contribution >= 0.6 is 0 Å². The molecule has 1 aromatic heterocycles. The molecule has 0 amide bonds. The Morgan fingerprint density at radius 1 is 1.30 bits per heavy atom. The number of anilines is 1. The van der Waals surface area contributed by atoms with Crippen molar-refractivity contribution in [3.05, 3.63) is 41.7 Å². The molecule has 5 nitrogen and oxygen atoms in total. The van der Waals surface area contributed by atoms with Gasteiger partial charge in [-0.05, 0) is 38.5 Å². The van der Waals surface area contributed by atoms with Crippen molar-refractivity contribution in [3.63, 3.8) is 0 Å². The molecule has 108 valence electrons. The first-order valence-corrected chi connectivity index (χ1v) is 8.08. The smallest absolute Gasteiger partial charge is 0.186 e. The van der Waals surface area contributed by atoms with Crippen LogP contribution in [0.1, 0.15) is 31.1 Å². The first-order chi connectivity index (χ1) is 9.31. The quantitative estimate of drug-likeness (QED) is 0.878. The fourth-order valence-corrected chi connectivity index (χ4v) is 3.42. The summed E-state index contributed by atoms with van der Waals surface area (Å²) in [4.78, 5) is 0.177. The first kappa shape index (κ1) is 14.6. The third-order valence-corrected chi connectivity index (χ3v) is 4.85. The van der Waals surface area contributed by atoms with Crippen molar-refractivity contribution in [1.82, 2.24) is 9.78 Å². The molecule has 0 saturated heterocycles. The number of para-hydroxylation sites is 1. The lowest BCUT2D eigenvalue weighted by Gasteiger charge is -2.08. The number of hydrogen-bond donors (Lipinski definition) is 1. The summed E-state index contributed by atoms with van der Waals surface area (Å²) in [5.41, 5.74) is 7.48. The number of nitrogens with zero attached hydrogens (tertiary/aromatic N) is 2. The topological polar surface area (TPSA) is 78.0 Å². The average molecular weight is 293 g/mol. The molecule has 0 radical (unpaired) electrons. The Bertz CT molecular complexity index is 718. The first-order valence-electron chi connectivity index (χ1n) is 6.43. The van der Waals surface area contributed by atoms with Crippen molar-refractivity contribution in [1.29, 1.82) is 0 Å². The highest BCUT2D eigenvalue weighted by molar-refractivity contribution is 7.90. The van der Waals surface area contributed by atoms with Crippen molar-refractivity contribution < 1.29 is 8.42 Å². The summed E-state index contributed by atoms with van der Waals surface area (Å²) in [6.45, 7) is 5.77. The van der Waals surface area contributed by atoms with Crippen molar-refractivity contribution in [2.24, 2.45) is 0 Å². The van der Waals surface area contributed by atoms with Crippen LogP contribution in [-0.2, 0) is 15.6 Å². The van der Waals surface area contributed by atoms with Gasteiger partial charge in [0.05, 0.1) is 22.0 Å².